The molecular formula is C18H19ClN2O2. The number of aromatic nitrogens is 1. The highest BCUT2D eigenvalue weighted by atomic mass is 35.5. The smallest absolute Gasteiger partial charge is 0.227 e. The summed E-state index contributed by atoms with van der Waals surface area (Å²) in [4.78, 5) is 15.6. The molecule has 0 saturated heterocycles. The Bertz CT molecular complexity index is 872. The van der Waals surface area contributed by atoms with E-state index in [1.165, 1.54) is 0 Å². The van der Waals surface area contributed by atoms with Gasteiger partial charge in [0.2, 0.25) is 5.91 Å². The molecule has 120 valence electrons. The van der Waals surface area contributed by atoms with Crippen LogP contribution in [0.15, 0.2) is 36.4 Å². The number of fused-ring (bicyclic) bond motifs is 3. The summed E-state index contributed by atoms with van der Waals surface area (Å²) in [7, 11) is 0. The van der Waals surface area contributed by atoms with Gasteiger partial charge in [-0.3, -0.25) is 4.79 Å². The lowest BCUT2D eigenvalue weighted by atomic mass is 9.98. The third-order valence-corrected chi connectivity index (χ3v) is 4.38. The maximum atomic E-state index is 12.2. The molecule has 0 aliphatic carbocycles. The second-order valence-electron chi connectivity index (χ2n) is 5.93. The van der Waals surface area contributed by atoms with E-state index in [1.54, 1.807) is 6.92 Å². The van der Waals surface area contributed by atoms with Gasteiger partial charge in [-0.05, 0) is 43.7 Å². The summed E-state index contributed by atoms with van der Waals surface area (Å²) >= 11 is 6.07. The molecule has 0 unspecified atom stereocenters. The first-order valence-corrected chi connectivity index (χ1v) is 7.99. The predicted octanol–water partition coefficient (Wildman–Crippen LogP) is 3.58. The predicted molar refractivity (Wildman–Crippen MR) is 93.9 cm³/mol. The summed E-state index contributed by atoms with van der Waals surface area (Å²) < 4.78 is 0. The number of aliphatic hydroxyl groups is 1. The zero-order valence-corrected chi connectivity index (χ0v) is 13.8. The standard InChI is InChI=1S/C18H19ClN2O2/c1-10(9-22)20-18(23)11(2)12-3-5-14-15-8-13(19)4-6-16(15)21-17(14)7-12/h3-8,10-11,21-22H,9H2,1-2H3,(H,20,23)/t10-,11-/m0/s1. The molecule has 1 amide bonds. The van der Waals surface area contributed by atoms with Crippen molar-refractivity contribution in [3.8, 4) is 0 Å². The maximum Gasteiger partial charge on any atom is 0.227 e. The van der Waals surface area contributed by atoms with Crippen molar-refractivity contribution in [1.82, 2.24) is 10.3 Å². The van der Waals surface area contributed by atoms with E-state index >= 15 is 0 Å². The van der Waals surface area contributed by atoms with Crippen LogP contribution in [-0.2, 0) is 4.79 Å². The van der Waals surface area contributed by atoms with Crippen molar-refractivity contribution in [3.05, 3.63) is 47.0 Å². The minimum atomic E-state index is -0.289. The SMILES string of the molecule is C[C@H](C(=O)N[C@@H](C)CO)c1ccc2c(c1)[nH]c1ccc(Cl)cc12. The van der Waals surface area contributed by atoms with Gasteiger partial charge in [-0.25, -0.2) is 0 Å². The molecule has 0 radical (unpaired) electrons. The largest absolute Gasteiger partial charge is 0.394 e. The molecule has 2 atom stereocenters. The van der Waals surface area contributed by atoms with Gasteiger partial charge in [0, 0.05) is 32.9 Å². The lowest BCUT2D eigenvalue weighted by molar-refractivity contribution is -0.123. The van der Waals surface area contributed by atoms with Gasteiger partial charge in [-0.2, -0.15) is 0 Å². The quantitative estimate of drug-likeness (QED) is 0.684. The molecule has 0 saturated carbocycles. The number of hydrogen-bond donors (Lipinski definition) is 3. The number of halogens is 1. The first-order chi connectivity index (χ1) is 11.0. The van der Waals surface area contributed by atoms with Gasteiger partial charge in [-0.1, -0.05) is 23.7 Å². The van der Waals surface area contributed by atoms with E-state index in [0.29, 0.717) is 5.02 Å². The van der Waals surface area contributed by atoms with Crippen LogP contribution in [0.4, 0.5) is 0 Å². The van der Waals surface area contributed by atoms with Gasteiger partial charge in [-0.15, -0.1) is 0 Å². The highest BCUT2D eigenvalue weighted by Crippen LogP contribution is 2.30. The van der Waals surface area contributed by atoms with Crippen molar-refractivity contribution in [2.45, 2.75) is 25.8 Å². The number of hydrogen-bond acceptors (Lipinski definition) is 2. The van der Waals surface area contributed by atoms with E-state index in [9.17, 15) is 4.79 Å². The second-order valence-corrected chi connectivity index (χ2v) is 6.37. The summed E-state index contributed by atoms with van der Waals surface area (Å²) in [5.41, 5.74) is 2.93. The minimum absolute atomic E-state index is 0.0692. The van der Waals surface area contributed by atoms with E-state index in [1.807, 2.05) is 43.3 Å². The Balaban J connectivity index is 1.96. The zero-order chi connectivity index (χ0) is 16.6. The highest BCUT2D eigenvalue weighted by molar-refractivity contribution is 6.31. The number of aliphatic hydroxyl groups excluding tert-OH is 1. The van der Waals surface area contributed by atoms with E-state index in [-0.39, 0.29) is 24.5 Å². The van der Waals surface area contributed by atoms with Crippen molar-refractivity contribution < 1.29 is 9.90 Å². The number of carbonyl (C=O) groups excluding carboxylic acids is 1. The highest BCUT2D eigenvalue weighted by Gasteiger charge is 2.18. The molecule has 1 heterocycles. The van der Waals surface area contributed by atoms with Crippen molar-refractivity contribution >= 4 is 39.3 Å². The fraction of sp³-hybridized carbons (Fsp3) is 0.278. The molecule has 2 aromatic carbocycles. The molecule has 0 spiro atoms. The fourth-order valence-electron chi connectivity index (χ4n) is 2.73. The Morgan fingerprint density at radius 3 is 2.70 bits per heavy atom. The number of benzene rings is 2. The molecule has 3 N–H and O–H groups in total. The monoisotopic (exact) mass is 330 g/mol. The molecule has 4 nitrogen and oxygen atoms in total. The third kappa shape index (κ3) is 3.05. The maximum absolute atomic E-state index is 12.2. The van der Waals surface area contributed by atoms with Crippen LogP contribution in [0, 0.1) is 0 Å². The summed E-state index contributed by atoms with van der Waals surface area (Å²) in [6.45, 7) is 3.57. The average molecular weight is 331 g/mol. The van der Waals surface area contributed by atoms with E-state index in [4.69, 9.17) is 16.7 Å². The summed E-state index contributed by atoms with van der Waals surface area (Å²) in [5.74, 6) is -0.381. The molecule has 3 rings (SSSR count). The van der Waals surface area contributed by atoms with Crippen LogP contribution in [0.2, 0.25) is 5.02 Å². The molecule has 0 bridgehead atoms. The summed E-state index contributed by atoms with van der Waals surface area (Å²) in [6.07, 6.45) is 0. The topological polar surface area (TPSA) is 65.1 Å². The van der Waals surface area contributed by atoms with Crippen molar-refractivity contribution in [2.75, 3.05) is 6.61 Å². The molecule has 23 heavy (non-hydrogen) atoms. The van der Waals surface area contributed by atoms with Crippen LogP contribution in [0.1, 0.15) is 25.3 Å². The van der Waals surface area contributed by atoms with Crippen LogP contribution in [0.3, 0.4) is 0 Å². The Hall–Kier alpha value is -2.04. The van der Waals surface area contributed by atoms with Crippen LogP contribution < -0.4 is 5.32 Å². The minimum Gasteiger partial charge on any atom is -0.394 e. The number of carbonyl (C=O) groups is 1. The van der Waals surface area contributed by atoms with Crippen LogP contribution in [0.25, 0.3) is 21.8 Å². The zero-order valence-electron chi connectivity index (χ0n) is 13.1. The van der Waals surface area contributed by atoms with Gasteiger partial charge in [0.25, 0.3) is 0 Å². The van der Waals surface area contributed by atoms with Crippen LogP contribution in [-0.4, -0.2) is 28.6 Å². The molecule has 1 aromatic heterocycles. The number of aromatic amines is 1. The third-order valence-electron chi connectivity index (χ3n) is 4.14. The first kappa shape index (κ1) is 15.8. The van der Waals surface area contributed by atoms with Gasteiger partial charge in [0.1, 0.15) is 0 Å². The Morgan fingerprint density at radius 1 is 1.17 bits per heavy atom. The molecule has 0 fully saturated rings. The number of rotatable bonds is 4. The first-order valence-electron chi connectivity index (χ1n) is 7.61. The molecule has 5 heteroatoms. The number of H-pyrrole nitrogens is 1. The molecule has 0 aliphatic rings. The lowest BCUT2D eigenvalue weighted by Gasteiger charge is -2.16. The molecular weight excluding hydrogens is 312 g/mol. The second kappa shape index (κ2) is 6.22. The van der Waals surface area contributed by atoms with Crippen LogP contribution >= 0.6 is 11.6 Å². The molecule has 3 aromatic rings. The van der Waals surface area contributed by atoms with Gasteiger partial charge in [0.05, 0.1) is 12.5 Å². The average Bonchev–Trinajstić information content (AvgIpc) is 2.90. The fourth-order valence-corrected chi connectivity index (χ4v) is 2.90. The summed E-state index contributed by atoms with van der Waals surface area (Å²) in [5, 5.41) is 14.7. The van der Waals surface area contributed by atoms with E-state index in [0.717, 1.165) is 27.4 Å². The Labute approximate surface area is 139 Å². The van der Waals surface area contributed by atoms with Crippen LogP contribution in [0.5, 0.6) is 0 Å². The Kier molecular flexibility index (Phi) is 4.28. The summed E-state index contributed by atoms with van der Waals surface area (Å²) in [6, 6.07) is 11.5. The Morgan fingerprint density at radius 2 is 1.96 bits per heavy atom. The van der Waals surface area contributed by atoms with Gasteiger partial charge >= 0.3 is 0 Å². The normalized spacial score (nSPS) is 14.1. The number of nitrogens with one attached hydrogen (secondary N) is 2. The lowest BCUT2D eigenvalue weighted by Crippen LogP contribution is -2.37. The van der Waals surface area contributed by atoms with Gasteiger partial charge in [0.15, 0.2) is 0 Å². The van der Waals surface area contributed by atoms with E-state index < -0.39 is 0 Å². The number of amides is 1. The molecule has 0 aliphatic heterocycles. The van der Waals surface area contributed by atoms with E-state index in [2.05, 4.69) is 10.3 Å². The van der Waals surface area contributed by atoms with Gasteiger partial charge < -0.3 is 15.4 Å². The van der Waals surface area contributed by atoms with Crippen molar-refractivity contribution in [1.29, 1.82) is 0 Å². The van der Waals surface area contributed by atoms with Crippen molar-refractivity contribution in [3.63, 3.8) is 0 Å². The van der Waals surface area contributed by atoms with Crippen molar-refractivity contribution in [2.24, 2.45) is 0 Å².